The second-order valence-corrected chi connectivity index (χ2v) is 7.31. The van der Waals surface area contributed by atoms with Crippen molar-refractivity contribution in [3.63, 3.8) is 0 Å². The number of carbonyl (C=O) groups excluding carboxylic acids is 1. The van der Waals surface area contributed by atoms with Crippen molar-refractivity contribution in [2.24, 2.45) is 0 Å². The second-order valence-electron chi connectivity index (χ2n) is 7.31. The lowest BCUT2D eigenvalue weighted by Crippen LogP contribution is -2.42. The molecule has 0 radical (unpaired) electrons. The summed E-state index contributed by atoms with van der Waals surface area (Å²) in [4.78, 5) is 23.9. The Morgan fingerprint density at radius 2 is 1.93 bits per heavy atom. The van der Waals surface area contributed by atoms with Gasteiger partial charge in [0.05, 0.1) is 17.0 Å². The highest BCUT2D eigenvalue weighted by molar-refractivity contribution is 6.09. The van der Waals surface area contributed by atoms with E-state index < -0.39 is 0 Å². The number of carbonyl (C=O) groups is 1. The number of hydrogen-bond donors (Lipinski definition) is 2. The predicted molar refractivity (Wildman–Crippen MR) is 111 cm³/mol. The van der Waals surface area contributed by atoms with Crippen molar-refractivity contribution in [3.05, 3.63) is 65.6 Å². The first-order valence-corrected chi connectivity index (χ1v) is 9.78. The van der Waals surface area contributed by atoms with Gasteiger partial charge in [0.25, 0.3) is 5.91 Å². The lowest BCUT2D eigenvalue weighted by molar-refractivity contribution is 0.0972. The number of phenols is 2. The lowest BCUT2D eigenvalue weighted by Gasteiger charge is -2.35. The Balaban J connectivity index is 1.75. The number of fused-ring (bicyclic) bond motifs is 1. The molecule has 0 fully saturated rings. The monoisotopic (exact) mass is 389 g/mol. The molecule has 1 amide bonds. The number of aromatic nitrogens is 2. The van der Waals surface area contributed by atoms with Gasteiger partial charge < -0.3 is 15.1 Å². The maximum absolute atomic E-state index is 13.2. The molecule has 29 heavy (non-hydrogen) atoms. The van der Waals surface area contributed by atoms with E-state index in [9.17, 15) is 15.0 Å². The molecule has 3 aromatic rings. The molecule has 6 heteroatoms. The highest BCUT2D eigenvalue weighted by atomic mass is 16.3. The molecule has 2 N–H and O–H groups in total. The molecule has 148 valence electrons. The Morgan fingerprint density at radius 3 is 2.69 bits per heavy atom. The van der Waals surface area contributed by atoms with Crippen LogP contribution >= 0.6 is 0 Å². The summed E-state index contributed by atoms with van der Waals surface area (Å²) >= 11 is 0. The Hall–Kier alpha value is -3.41. The third kappa shape index (κ3) is 3.42. The fraction of sp³-hybridized carbons (Fsp3) is 0.261. The minimum absolute atomic E-state index is 0.00299. The maximum Gasteiger partial charge on any atom is 0.262 e. The van der Waals surface area contributed by atoms with Crippen LogP contribution in [0, 0.1) is 0 Å². The summed E-state index contributed by atoms with van der Waals surface area (Å²) in [5, 5.41) is 19.7. The summed E-state index contributed by atoms with van der Waals surface area (Å²) in [5.74, 6) is -0.581. The molecule has 1 atom stereocenters. The van der Waals surface area contributed by atoms with Gasteiger partial charge in [0, 0.05) is 35.8 Å². The Kier molecular flexibility index (Phi) is 4.92. The Morgan fingerprint density at radius 1 is 1.14 bits per heavy atom. The number of hydrogen-bond acceptors (Lipinski definition) is 5. The van der Waals surface area contributed by atoms with Crippen LogP contribution in [0.3, 0.4) is 0 Å². The highest BCUT2D eigenvalue weighted by Gasteiger charge is 2.30. The number of aryl methyl sites for hydroxylation is 2. The van der Waals surface area contributed by atoms with Crippen LogP contribution in [0.2, 0.25) is 0 Å². The first kappa shape index (κ1) is 18.9. The average molecular weight is 389 g/mol. The molecule has 1 unspecified atom stereocenters. The third-order valence-corrected chi connectivity index (χ3v) is 5.42. The molecule has 0 saturated carbocycles. The van der Waals surface area contributed by atoms with Crippen LogP contribution in [0.1, 0.15) is 41.9 Å². The number of anilines is 1. The van der Waals surface area contributed by atoms with E-state index in [0.29, 0.717) is 0 Å². The van der Waals surface area contributed by atoms with Gasteiger partial charge in [-0.1, -0.05) is 13.0 Å². The van der Waals surface area contributed by atoms with E-state index >= 15 is 0 Å². The number of amides is 1. The molecule has 4 rings (SSSR count). The third-order valence-electron chi connectivity index (χ3n) is 5.42. The van der Waals surface area contributed by atoms with Crippen LogP contribution in [0.5, 0.6) is 11.5 Å². The van der Waals surface area contributed by atoms with Crippen LogP contribution in [0.25, 0.3) is 11.3 Å². The van der Waals surface area contributed by atoms with Crippen molar-refractivity contribution < 1.29 is 15.0 Å². The van der Waals surface area contributed by atoms with E-state index in [1.54, 1.807) is 17.3 Å². The van der Waals surface area contributed by atoms with E-state index in [1.807, 2.05) is 19.1 Å². The van der Waals surface area contributed by atoms with Gasteiger partial charge in [0.2, 0.25) is 0 Å². The molecule has 6 nitrogen and oxygen atoms in total. The van der Waals surface area contributed by atoms with Crippen molar-refractivity contribution in [2.75, 3.05) is 4.90 Å². The molecule has 1 aromatic heterocycles. The molecular formula is C23H23N3O3. The van der Waals surface area contributed by atoms with Crippen molar-refractivity contribution in [2.45, 2.75) is 39.2 Å². The standard InChI is InChI=1S/C23H23N3O3/c1-3-19-22(25-11-10-24-19)16-6-9-20-15(12-16)5-4-14(2)26(20)23(29)18-8-7-17(27)13-21(18)28/h6-14,27-28H,3-5H2,1-2H3. The maximum atomic E-state index is 13.2. The fourth-order valence-electron chi connectivity index (χ4n) is 3.91. The molecule has 1 aliphatic heterocycles. The van der Waals surface area contributed by atoms with Gasteiger partial charge in [0.15, 0.2) is 0 Å². The number of nitrogens with zero attached hydrogens (tertiary/aromatic N) is 3. The molecule has 0 bridgehead atoms. The van der Waals surface area contributed by atoms with Gasteiger partial charge in [-0.3, -0.25) is 14.8 Å². The molecule has 1 aliphatic rings. The average Bonchev–Trinajstić information content (AvgIpc) is 2.73. The minimum atomic E-state index is -0.280. The summed E-state index contributed by atoms with van der Waals surface area (Å²) in [7, 11) is 0. The van der Waals surface area contributed by atoms with Crippen molar-refractivity contribution in [3.8, 4) is 22.8 Å². The van der Waals surface area contributed by atoms with Crippen molar-refractivity contribution >= 4 is 11.6 Å². The van der Waals surface area contributed by atoms with Gasteiger partial charge in [0.1, 0.15) is 11.5 Å². The molecule has 2 aromatic carbocycles. The summed E-state index contributed by atoms with van der Waals surface area (Å²) < 4.78 is 0. The number of benzene rings is 2. The molecule has 2 heterocycles. The van der Waals surface area contributed by atoms with E-state index in [-0.39, 0.29) is 29.0 Å². The van der Waals surface area contributed by atoms with Crippen LogP contribution < -0.4 is 4.90 Å². The minimum Gasteiger partial charge on any atom is -0.508 e. The van der Waals surface area contributed by atoms with Crippen LogP contribution in [-0.2, 0) is 12.8 Å². The number of aromatic hydroxyl groups is 2. The summed E-state index contributed by atoms with van der Waals surface area (Å²) in [6, 6.07) is 10.0. The van der Waals surface area contributed by atoms with E-state index in [4.69, 9.17) is 0 Å². The van der Waals surface area contributed by atoms with E-state index in [0.717, 1.165) is 47.5 Å². The normalized spacial score (nSPS) is 15.8. The van der Waals surface area contributed by atoms with Crippen LogP contribution in [-0.4, -0.2) is 32.1 Å². The Labute approximate surface area is 169 Å². The molecule has 0 saturated heterocycles. The summed E-state index contributed by atoms with van der Waals surface area (Å²) in [6.07, 6.45) is 5.87. The smallest absolute Gasteiger partial charge is 0.262 e. The first-order chi connectivity index (χ1) is 14.0. The van der Waals surface area contributed by atoms with Crippen molar-refractivity contribution in [1.29, 1.82) is 0 Å². The quantitative estimate of drug-likeness (QED) is 0.704. The van der Waals surface area contributed by atoms with Crippen LogP contribution in [0.4, 0.5) is 5.69 Å². The highest BCUT2D eigenvalue weighted by Crippen LogP contribution is 2.36. The second kappa shape index (κ2) is 7.54. The van der Waals surface area contributed by atoms with E-state index in [1.165, 1.54) is 18.2 Å². The van der Waals surface area contributed by atoms with Crippen molar-refractivity contribution in [1.82, 2.24) is 9.97 Å². The SMILES string of the molecule is CCc1nccnc1-c1ccc2c(c1)CCC(C)N2C(=O)c1ccc(O)cc1O. The Bertz CT molecular complexity index is 1080. The fourth-order valence-corrected chi connectivity index (χ4v) is 3.91. The first-order valence-electron chi connectivity index (χ1n) is 9.78. The van der Waals surface area contributed by atoms with Gasteiger partial charge in [-0.15, -0.1) is 0 Å². The zero-order valence-corrected chi connectivity index (χ0v) is 16.5. The largest absolute Gasteiger partial charge is 0.508 e. The summed E-state index contributed by atoms with van der Waals surface area (Å²) in [5.41, 5.74) is 4.88. The van der Waals surface area contributed by atoms with Gasteiger partial charge in [-0.25, -0.2) is 0 Å². The number of phenolic OH excluding ortho intramolecular Hbond substituents is 2. The topological polar surface area (TPSA) is 86.6 Å². The van der Waals surface area contributed by atoms with Crippen LogP contribution in [0.15, 0.2) is 48.8 Å². The molecule has 0 spiro atoms. The zero-order valence-electron chi connectivity index (χ0n) is 16.5. The van der Waals surface area contributed by atoms with Gasteiger partial charge in [-0.2, -0.15) is 0 Å². The number of rotatable bonds is 3. The molecule has 0 aliphatic carbocycles. The lowest BCUT2D eigenvalue weighted by atomic mass is 9.93. The van der Waals surface area contributed by atoms with Gasteiger partial charge in [-0.05, 0) is 56.0 Å². The van der Waals surface area contributed by atoms with Gasteiger partial charge >= 0.3 is 0 Å². The zero-order chi connectivity index (χ0) is 20.5. The molecular weight excluding hydrogens is 366 g/mol. The predicted octanol–water partition coefficient (Wildman–Crippen LogP) is 4.10. The van der Waals surface area contributed by atoms with E-state index in [2.05, 4.69) is 23.0 Å². The summed E-state index contributed by atoms with van der Waals surface area (Å²) in [6.45, 7) is 4.06.